The van der Waals surface area contributed by atoms with Crippen LogP contribution < -0.4 is 4.31 Å². The van der Waals surface area contributed by atoms with Crippen molar-refractivity contribution < 1.29 is 23.2 Å². The molecule has 138 valence electrons. The molecule has 0 aromatic heterocycles. The fourth-order valence-corrected chi connectivity index (χ4v) is 4.25. The molecule has 0 fully saturated rings. The van der Waals surface area contributed by atoms with E-state index in [2.05, 4.69) is 0 Å². The van der Waals surface area contributed by atoms with Crippen LogP contribution in [0.2, 0.25) is 0 Å². The van der Waals surface area contributed by atoms with E-state index in [-0.39, 0.29) is 21.8 Å². The van der Waals surface area contributed by atoms with Crippen LogP contribution in [-0.4, -0.2) is 31.0 Å². The third kappa shape index (κ3) is 3.67. The van der Waals surface area contributed by atoms with Crippen LogP contribution in [0, 0.1) is 30.9 Å². The number of aryl methyl sites for hydroxylation is 2. The number of aliphatic carboxylic acids is 1. The number of non-ortho nitro benzene ring substituents is 1. The number of carboxylic acids is 1. The van der Waals surface area contributed by atoms with Gasteiger partial charge in [-0.3, -0.25) is 19.2 Å². The van der Waals surface area contributed by atoms with Gasteiger partial charge in [0.1, 0.15) is 6.54 Å². The molecule has 0 spiro atoms. The van der Waals surface area contributed by atoms with Crippen LogP contribution in [0.5, 0.6) is 0 Å². The van der Waals surface area contributed by atoms with Crippen molar-refractivity contribution in [2.75, 3.05) is 10.8 Å². The van der Waals surface area contributed by atoms with E-state index in [0.29, 0.717) is 5.56 Å². The third-order valence-electron chi connectivity index (χ3n) is 4.07. The van der Waals surface area contributed by atoms with Crippen LogP contribution in [-0.2, 0) is 14.8 Å². The molecule has 0 unspecified atom stereocenters. The van der Waals surface area contributed by atoms with Crippen molar-refractivity contribution in [2.45, 2.75) is 25.7 Å². The highest BCUT2D eigenvalue weighted by molar-refractivity contribution is 7.93. The van der Waals surface area contributed by atoms with Crippen molar-refractivity contribution in [3.05, 3.63) is 63.2 Å². The van der Waals surface area contributed by atoms with Crippen LogP contribution in [0.1, 0.15) is 16.7 Å². The van der Waals surface area contributed by atoms with Gasteiger partial charge in [0.05, 0.1) is 15.5 Å². The fraction of sp³-hybridized carbons (Fsp3) is 0.235. The molecule has 0 aliphatic rings. The largest absolute Gasteiger partial charge is 0.480 e. The van der Waals surface area contributed by atoms with Crippen LogP contribution in [0.4, 0.5) is 11.4 Å². The minimum atomic E-state index is -4.33. The highest BCUT2D eigenvalue weighted by atomic mass is 32.2. The molecule has 2 rings (SSSR count). The van der Waals surface area contributed by atoms with Crippen LogP contribution in [0.3, 0.4) is 0 Å². The van der Waals surface area contributed by atoms with E-state index in [1.54, 1.807) is 26.0 Å². The summed E-state index contributed by atoms with van der Waals surface area (Å²) in [6.07, 6.45) is 0. The van der Waals surface area contributed by atoms with Crippen molar-refractivity contribution in [3.63, 3.8) is 0 Å². The van der Waals surface area contributed by atoms with E-state index in [1.165, 1.54) is 25.1 Å². The van der Waals surface area contributed by atoms with Crippen molar-refractivity contribution in [1.29, 1.82) is 0 Å². The molecule has 8 nitrogen and oxygen atoms in total. The molecule has 0 heterocycles. The molecule has 0 bridgehead atoms. The number of carbonyl (C=O) groups is 1. The average molecular weight is 378 g/mol. The summed E-state index contributed by atoms with van der Waals surface area (Å²) < 4.78 is 27.1. The molecule has 0 aliphatic carbocycles. The van der Waals surface area contributed by atoms with Gasteiger partial charge in [-0.1, -0.05) is 18.2 Å². The molecule has 0 radical (unpaired) electrons. The first-order chi connectivity index (χ1) is 12.1. The van der Waals surface area contributed by atoms with Gasteiger partial charge in [-0.05, 0) is 43.5 Å². The second-order valence-electron chi connectivity index (χ2n) is 5.83. The smallest absolute Gasteiger partial charge is 0.324 e. The number of sulfonamides is 1. The lowest BCUT2D eigenvalue weighted by Crippen LogP contribution is -2.36. The summed E-state index contributed by atoms with van der Waals surface area (Å²) in [6, 6.07) is 8.40. The Bertz CT molecular complexity index is 985. The van der Waals surface area contributed by atoms with Crippen molar-refractivity contribution in [1.82, 2.24) is 0 Å². The Morgan fingerprint density at radius 2 is 1.81 bits per heavy atom. The van der Waals surface area contributed by atoms with Crippen molar-refractivity contribution in [2.24, 2.45) is 0 Å². The summed E-state index contributed by atoms with van der Waals surface area (Å²) in [5.41, 5.74) is 1.53. The zero-order valence-electron chi connectivity index (χ0n) is 14.5. The maximum Gasteiger partial charge on any atom is 0.324 e. The molecule has 2 aromatic carbocycles. The number of benzene rings is 2. The van der Waals surface area contributed by atoms with E-state index in [0.717, 1.165) is 15.9 Å². The number of nitrogens with zero attached hydrogens (tertiary/aromatic N) is 2. The zero-order valence-corrected chi connectivity index (χ0v) is 15.3. The van der Waals surface area contributed by atoms with Gasteiger partial charge in [-0.15, -0.1) is 0 Å². The lowest BCUT2D eigenvalue weighted by Gasteiger charge is -2.25. The minimum Gasteiger partial charge on any atom is -0.480 e. The molecule has 26 heavy (non-hydrogen) atoms. The van der Waals surface area contributed by atoms with E-state index in [4.69, 9.17) is 0 Å². The normalized spacial score (nSPS) is 11.2. The average Bonchev–Trinajstić information content (AvgIpc) is 2.55. The number of nitro benzene ring substituents is 1. The number of hydrogen-bond acceptors (Lipinski definition) is 5. The van der Waals surface area contributed by atoms with Gasteiger partial charge in [-0.2, -0.15) is 0 Å². The number of hydrogen-bond donors (Lipinski definition) is 1. The predicted molar refractivity (Wildman–Crippen MR) is 95.9 cm³/mol. The first-order valence-electron chi connectivity index (χ1n) is 7.61. The number of carboxylic acid groups (broad SMARTS) is 1. The quantitative estimate of drug-likeness (QED) is 0.610. The molecule has 9 heteroatoms. The molecule has 0 amide bonds. The Kier molecular flexibility index (Phi) is 5.31. The lowest BCUT2D eigenvalue weighted by molar-refractivity contribution is -0.385. The predicted octanol–water partition coefficient (Wildman–Crippen LogP) is 2.80. The number of nitro groups is 1. The summed E-state index contributed by atoms with van der Waals surface area (Å²) >= 11 is 0. The highest BCUT2D eigenvalue weighted by Gasteiger charge is 2.31. The van der Waals surface area contributed by atoms with Crippen molar-refractivity contribution in [3.8, 4) is 0 Å². The standard InChI is InChI=1S/C17H18N2O6S/c1-11-5-4-6-15(13(11)3)18(10-17(20)21)26(24,25)16-9-14(19(22)23)8-7-12(16)2/h4-9H,10H2,1-3H3,(H,20,21). The molecular formula is C17H18N2O6S. The summed E-state index contributed by atoms with van der Waals surface area (Å²) in [5, 5.41) is 20.2. The summed E-state index contributed by atoms with van der Waals surface area (Å²) in [4.78, 5) is 21.3. The highest BCUT2D eigenvalue weighted by Crippen LogP contribution is 2.31. The van der Waals surface area contributed by atoms with Gasteiger partial charge in [0.15, 0.2) is 0 Å². The molecule has 2 aromatic rings. The second-order valence-corrected chi connectivity index (χ2v) is 7.66. The second kappa shape index (κ2) is 7.12. The Hall–Kier alpha value is -2.94. The van der Waals surface area contributed by atoms with Gasteiger partial charge in [0.2, 0.25) is 0 Å². The van der Waals surface area contributed by atoms with Crippen LogP contribution in [0.15, 0.2) is 41.3 Å². The Balaban J connectivity index is 2.72. The fourth-order valence-electron chi connectivity index (χ4n) is 2.53. The third-order valence-corrected chi connectivity index (χ3v) is 5.98. The van der Waals surface area contributed by atoms with E-state index < -0.39 is 27.5 Å². The Morgan fingerprint density at radius 1 is 1.15 bits per heavy atom. The van der Waals surface area contributed by atoms with Gasteiger partial charge < -0.3 is 5.11 Å². The summed E-state index contributed by atoms with van der Waals surface area (Å²) in [7, 11) is -4.33. The van der Waals surface area contributed by atoms with E-state index in [9.17, 15) is 28.4 Å². The Morgan fingerprint density at radius 3 is 2.38 bits per heavy atom. The van der Waals surface area contributed by atoms with E-state index >= 15 is 0 Å². The first-order valence-corrected chi connectivity index (χ1v) is 9.05. The molecule has 0 saturated heterocycles. The van der Waals surface area contributed by atoms with Gasteiger partial charge in [-0.25, -0.2) is 8.42 Å². The van der Waals surface area contributed by atoms with Crippen LogP contribution in [0.25, 0.3) is 0 Å². The Labute approximate surface area is 150 Å². The maximum atomic E-state index is 13.2. The molecule has 1 N–H and O–H groups in total. The molecule has 0 saturated carbocycles. The molecule has 0 atom stereocenters. The first kappa shape index (κ1) is 19.4. The summed E-state index contributed by atoms with van der Waals surface area (Å²) in [6.45, 7) is 4.17. The SMILES string of the molecule is Cc1ccc([N+](=O)[O-])cc1S(=O)(=O)N(CC(=O)O)c1cccc(C)c1C. The van der Waals surface area contributed by atoms with Gasteiger partial charge in [0.25, 0.3) is 15.7 Å². The van der Waals surface area contributed by atoms with Gasteiger partial charge >= 0.3 is 5.97 Å². The molecular weight excluding hydrogens is 360 g/mol. The number of anilines is 1. The molecule has 0 aliphatic heterocycles. The number of rotatable bonds is 6. The van der Waals surface area contributed by atoms with Crippen molar-refractivity contribution >= 4 is 27.4 Å². The van der Waals surface area contributed by atoms with Crippen LogP contribution >= 0.6 is 0 Å². The summed E-state index contributed by atoms with van der Waals surface area (Å²) in [5.74, 6) is -1.34. The van der Waals surface area contributed by atoms with Gasteiger partial charge in [0, 0.05) is 12.1 Å². The van der Waals surface area contributed by atoms with E-state index in [1.807, 2.05) is 0 Å². The minimum absolute atomic E-state index is 0.221. The monoisotopic (exact) mass is 378 g/mol. The zero-order chi connectivity index (χ0) is 19.6. The lowest BCUT2D eigenvalue weighted by atomic mass is 10.1. The topological polar surface area (TPSA) is 118 Å². The maximum absolute atomic E-state index is 13.2.